The van der Waals surface area contributed by atoms with E-state index in [4.69, 9.17) is 14.2 Å². The third-order valence-electron chi connectivity index (χ3n) is 17.0. The lowest BCUT2D eigenvalue weighted by atomic mass is 10.0. The van der Waals surface area contributed by atoms with Gasteiger partial charge in [0, 0.05) is 19.3 Å². The molecule has 0 saturated carbocycles. The lowest BCUT2D eigenvalue weighted by Crippen LogP contribution is -2.30. The van der Waals surface area contributed by atoms with Crippen LogP contribution in [0.15, 0.2) is 12.2 Å². The van der Waals surface area contributed by atoms with Gasteiger partial charge in [0.25, 0.3) is 0 Å². The summed E-state index contributed by atoms with van der Waals surface area (Å²) in [5, 5.41) is 0. The summed E-state index contributed by atoms with van der Waals surface area (Å²) in [6, 6.07) is 0. The van der Waals surface area contributed by atoms with Crippen LogP contribution in [0.5, 0.6) is 0 Å². The molecule has 0 N–H and O–H groups in total. The van der Waals surface area contributed by atoms with Crippen LogP contribution in [0, 0.1) is 0 Å². The molecule has 474 valence electrons. The molecule has 0 radical (unpaired) electrons. The Labute approximate surface area is 501 Å². The van der Waals surface area contributed by atoms with Crippen LogP contribution in [0.1, 0.15) is 425 Å². The Morgan fingerprint density at radius 2 is 0.412 bits per heavy atom. The van der Waals surface area contributed by atoms with Gasteiger partial charge in [-0.2, -0.15) is 0 Å². The highest BCUT2D eigenvalue weighted by Gasteiger charge is 2.20. The molecule has 0 heterocycles. The molecule has 0 rings (SSSR count). The normalized spacial score (nSPS) is 12.0. The van der Waals surface area contributed by atoms with Crippen LogP contribution in [0.3, 0.4) is 0 Å². The van der Waals surface area contributed by atoms with Gasteiger partial charge in [0.1, 0.15) is 13.2 Å². The number of hydrogen-bond acceptors (Lipinski definition) is 6. The summed E-state index contributed by atoms with van der Waals surface area (Å²) in [4.78, 5) is 38.5. The highest BCUT2D eigenvalue weighted by Crippen LogP contribution is 2.19. The quantitative estimate of drug-likeness (QED) is 0.0261. The summed E-state index contributed by atoms with van der Waals surface area (Å²) in [6.07, 6.45) is 83.9. The minimum absolute atomic E-state index is 0.0654. The minimum atomic E-state index is -0.770. The monoisotopic (exact) mass is 1130 g/mol. The predicted molar refractivity (Wildman–Crippen MR) is 349 cm³/mol. The Morgan fingerprint density at radius 1 is 0.237 bits per heavy atom. The molecule has 6 nitrogen and oxygen atoms in total. The van der Waals surface area contributed by atoms with Gasteiger partial charge < -0.3 is 14.2 Å². The fourth-order valence-electron chi connectivity index (χ4n) is 11.5. The first kappa shape index (κ1) is 78.1. The number of hydrogen-bond donors (Lipinski definition) is 0. The van der Waals surface area contributed by atoms with Crippen molar-refractivity contribution in [3.63, 3.8) is 0 Å². The second-order valence-corrected chi connectivity index (χ2v) is 25.2. The van der Waals surface area contributed by atoms with Crippen LogP contribution in [0.2, 0.25) is 0 Å². The summed E-state index contributed by atoms with van der Waals surface area (Å²) in [6.45, 7) is 6.73. The fraction of sp³-hybridized carbons (Fsp3) is 0.932. The van der Waals surface area contributed by atoms with Crippen molar-refractivity contribution in [3.8, 4) is 0 Å². The van der Waals surface area contributed by atoms with E-state index in [1.165, 1.54) is 321 Å². The van der Waals surface area contributed by atoms with Gasteiger partial charge in [0.15, 0.2) is 6.10 Å². The maximum Gasteiger partial charge on any atom is 0.306 e. The first-order valence-electron chi connectivity index (χ1n) is 36.7. The molecule has 0 spiro atoms. The van der Waals surface area contributed by atoms with Crippen molar-refractivity contribution in [2.45, 2.75) is 431 Å². The standard InChI is InChI=1S/C74H142O6/c1-4-7-10-13-16-19-22-25-28-31-33-35-36-37-38-39-40-42-43-46-49-52-55-58-61-64-67-73(76)79-70-71(69-78-72(75)66-63-60-57-54-51-48-45-30-27-24-21-18-15-12-9-6-3)80-74(77)68-65-62-59-56-53-50-47-44-41-34-32-29-26-23-20-17-14-11-8-5-2/h30,45,71H,4-29,31-44,46-70H2,1-3H3/b45-30-. The van der Waals surface area contributed by atoms with E-state index < -0.39 is 6.10 Å². The Morgan fingerprint density at radius 3 is 0.625 bits per heavy atom. The Hall–Kier alpha value is -1.85. The van der Waals surface area contributed by atoms with Crippen LogP contribution >= 0.6 is 0 Å². The summed E-state index contributed by atoms with van der Waals surface area (Å²) in [5.41, 5.74) is 0. The molecule has 1 atom stereocenters. The van der Waals surface area contributed by atoms with Crippen molar-refractivity contribution in [1.29, 1.82) is 0 Å². The van der Waals surface area contributed by atoms with Gasteiger partial charge >= 0.3 is 17.9 Å². The lowest BCUT2D eigenvalue weighted by Gasteiger charge is -2.18. The second kappa shape index (κ2) is 69.6. The van der Waals surface area contributed by atoms with Crippen molar-refractivity contribution in [2.24, 2.45) is 0 Å². The number of rotatable bonds is 69. The van der Waals surface area contributed by atoms with Gasteiger partial charge in [0.05, 0.1) is 0 Å². The fourth-order valence-corrected chi connectivity index (χ4v) is 11.5. The summed E-state index contributed by atoms with van der Waals surface area (Å²) >= 11 is 0. The van der Waals surface area contributed by atoms with Crippen molar-refractivity contribution in [3.05, 3.63) is 12.2 Å². The van der Waals surface area contributed by atoms with E-state index in [0.29, 0.717) is 19.3 Å². The minimum Gasteiger partial charge on any atom is -0.462 e. The zero-order valence-electron chi connectivity index (χ0n) is 54.6. The summed E-state index contributed by atoms with van der Waals surface area (Å²) in [7, 11) is 0. The first-order chi connectivity index (χ1) is 39.5. The molecule has 0 aromatic heterocycles. The van der Waals surface area contributed by atoms with E-state index in [1.54, 1.807) is 0 Å². The molecule has 0 aliphatic heterocycles. The summed E-state index contributed by atoms with van der Waals surface area (Å²) < 4.78 is 17.0. The van der Waals surface area contributed by atoms with Gasteiger partial charge in [-0.3, -0.25) is 14.4 Å². The molecule has 0 fully saturated rings. The highest BCUT2D eigenvalue weighted by molar-refractivity contribution is 5.71. The smallest absolute Gasteiger partial charge is 0.306 e. The zero-order valence-corrected chi connectivity index (χ0v) is 54.6. The van der Waals surface area contributed by atoms with Crippen LogP contribution in [0.4, 0.5) is 0 Å². The molecular weight excluding hydrogens is 985 g/mol. The average molecular weight is 1130 g/mol. The van der Waals surface area contributed by atoms with Crippen molar-refractivity contribution in [2.75, 3.05) is 13.2 Å². The number of allylic oxidation sites excluding steroid dienone is 2. The van der Waals surface area contributed by atoms with E-state index in [0.717, 1.165) is 64.2 Å². The van der Waals surface area contributed by atoms with E-state index in [1.807, 2.05) is 0 Å². The first-order valence-corrected chi connectivity index (χ1v) is 36.7. The van der Waals surface area contributed by atoms with Gasteiger partial charge in [-0.25, -0.2) is 0 Å². The number of carbonyl (C=O) groups is 3. The zero-order chi connectivity index (χ0) is 57.8. The summed E-state index contributed by atoms with van der Waals surface area (Å²) in [5.74, 6) is -0.836. The molecule has 0 aromatic rings. The van der Waals surface area contributed by atoms with Crippen LogP contribution in [-0.2, 0) is 28.6 Å². The number of carbonyl (C=O) groups excluding carboxylic acids is 3. The predicted octanol–water partition coefficient (Wildman–Crippen LogP) is 25.2. The molecule has 0 aliphatic rings. The molecule has 80 heavy (non-hydrogen) atoms. The van der Waals surface area contributed by atoms with Crippen LogP contribution in [0.25, 0.3) is 0 Å². The average Bonchev–Trinajstić information content (AvgIpc) is 3.46. The molecular formula is C74H142O6. The maximum atomic E-state index is 13.0. The van der Waals surface area contributed by atoms with Crippen molar-refractivity contribution in [1.82, 2.24) is 0 Å². The lowest BCUT2D eigenvalue weighted by molar-refractivity contribution is -0.167. The number of ether oxygens (including phenoxy) is 3. The van der Waals surface area contributed by atoms with E-state index in [-0.39, 0.29) is 31.1 Å². The van der Waals surface area contributed by atoms with Gasteiger partial charge in [0.2, 0.25) is 0 Å². The van der Waals surface area contributed by atoms with Gasteiger partial charge in [-0.05, 0) is 44.9 Å². The molecule has 0 saturated heterocycles. The van der Waals surface area contributed by atoms with Gasteiger partial charge in [-0.15, -0.1) is 0 Å². The topological polar surface area (TPSA) is 78.9 Å². The molecule has 6 heteroatoms. The van der Waals surface area contributed by atoms with E-state index in [2.05, 4.69) is 32.9 Å². The van der Waals surface area contributed by atoms with E-state index in [9.17, 15) is 14.4 Å². The van der Waals surface area contributed by atoms with Crippen LogP contribution < -0.4 is 0 Å². The highest BCUT2D eigenvalue weighted by atomic mass is 16.6. The number of esters is 3. The van der Waals surface area contributed by atoms with Gasteiger partial charge in [-0.1, -0.05) is 373 Å². The molecule has 0 aliphatic carbocycles. The third kappa shape index (κ3) is 66.9. The SMILES string of the molecule is CCCCCCCCC/C=C\CCCCCCCC(=O)OCC(COC(=O)CCCCCCCCCCCCCCCCCCCCCCCCCCCC)OC(=O)CCCCCCCCCCCCCCCCCCCCCC. The number of unbranched alkanes of at least 4 members (excludes halogenated alkanes) is 56. The van der Waals surface area contributed by atoms with Crippen molar-refractivity contribution < 1.29 is 28.6 Å². The maximum absolute atomic E-state index is 13.0. The van der Waals surface area contributed by atoms with E-state index >= 15 is 0 Å². The Kier molecular flexibility index (Phi) is 68.0. The molecule has 0 amide bonds. The second-order valence-electron chi connectivity index (χ2n) is 25.2. The third-order valence-corrected chi connectivity index (χ3v) is 17.0. The van der Waals surface area contributed by atoms with Crippen molar-refractivity contribution >= 4 is 17.9 Å². The molecule has 0 aromatic carbocycles. The Bertz CT molecular complexity index is 1250. The largest absolute Gasteiger partial charge is 0.462 e. The molecule has 1 unspecified atom stereocenters. The molecule has 0 bridgehead atoms. The Balaban J connectivity index is 4.23. The van der Waals surface area contributed by atoms with Crippen LogP contribution in [-0.4, -0.2) is 37.2 Å².